The highest BCUT2D eigenvalue weighted by molar-refractivity contribution is 6.07. The van der Waals surface area contributed by atoms with Gasteiger partial charge in [0.2, 0.25) is 11.8 Å². The maximum Gasteiger partial charge on any atom is 0.326 e. The predicted octanol–water partition coefficient (Wildman–Crippen LogP) is 0.229. The molecule has 2 fully saturated rings. The van der Waals surface area contributed by atoms with Gasteiger partial charge in [-0.05, 0) is 26.7 Å². The lowest BCUT2D eigenvalue weighted by Crippen LogP contribution is -2.40. The highest BCUT2D eigenvalue weighted by Crippen LogP contribution is 2.37. The van der Waals surface area contributed by atoms with Gasteiger partial charge in [-0.15, -0.1) is 0 Å². The molecule has 1 N–H and O–H groups in total. The second-order valence-corrected chi connectivity index (χ2v) is 5.79. The Balaban J connectivity index is 1.92. The summed E-state index contributed by atoms with van der Waals surface area (Å²) in [5, 5.41) is 2.54. The predicted molar refractivity (Wildman–Crippen MR) is 76.4 cm³/mol. The third-order valence-corrected chi connectivity index (χ3v) is 4.25. The van der Waals surface area contributed by atoms with Gasteiger partial charge in [0.1, 0.15) is 6.54 Å². The molecular formula is C15H22N2O5. The number of ether oxygens (including phenoxy) is 1. The molecular weight excluding hydrogens is 288 g/mol. The van der Waals surface area contributed by atoms with Crippen LogP contribution in [-0.4, -0.2) is 47.8 Å². The van der Waals surface area contributed by atoms with Crippen LogP contribution in [0.3, 0.4) is 0 Å². The number of fused-ring (bicyclic) bond motifs is 1. The zero-order chi connectivity index (χ0) is 16.3. The van der Waals surface area contributed by atoms with Crippen LogP contribution in [-0.2, 0) is 23.9 Å². The molecule has 0 bridgehead atoms. The molecule has 7 heteroatoms. The van der Waals surface area contributed by atoms with Crippen LogP contribution in [0.5, 0.6) is 0 Å². The second-order valence-electron chi connectivity index (χ2n) is 5.79. The van der Waals surface area contributed by atoms with E-state index in [0.29, 0.717) is 19.4 Å². The molecule has 3 atom stereocenters. The molecule has 2 aliphatic rings. The third-order valence-electron chi connectivity index (χ3n) is 4.25. The maximum atomic E-state index is 12.2. The number of hydrogen-bond donors (Lipinski definition) is 1. The lowest BCUT2D eigenvalue weighted by atomic mass is 9.81. The standard InChI is InChI=1S/C15H22N2O5/c1-3-16-13(19)9(2)22-12(18)8-17-14(20)10-6-4-5-7-11(10)15(17)21/h9-11H,3-8H2,1-2H3,(H,16,19)/t9-,10-,11+/m0/s1. The average molecular weight is 310 g/mol. The number of likely N-dealkylation sites (N-methyl/N-ethyl adjacent to an activating group) is 1. The zero-order valence-electron chi connectivity index (χ0n) is 13.0. The number of carbonyl (C=O) groups excluding carboxylic acids is 4. The van der Waals surface area contributed by atoms with Crippen molar-refractivity contribution in [3.8, 4) is 0 Å². The number of esters is 1. The molecule has 0 radical (unpaired) electrons. The molecule has 1 aliphatic heterocycles. The van der Waals surface area contributed by atoms with Gasteiger partial charge in [0.15, 0.2) is 6.10 Å². The summed E-state index contributed by atoms with van der Waals surface area (Å²) in [5.74, 6) is -2.26. The molecule has 7 nitrogen and oxygen atoms in total. The second kappa shape index (κ2) is 6.89. The molecule has 0 aromatic heterocycles. The molecule has 1 heterocycles. The van der Waals surface area contributed by atoms with E-state index in [1.807, 2.05) is 0 Å². The number of carbonyl (C=O) groups is 4. The minimum Gasteiger partial charge on any atom is -0.451 e. The summed E-state index contributed by atoms with van der Waals surface area (Å²) in [6.07, 6.45) is 2.34. The molecule has 22 heavy (non-hydrogen) atoms. The first-order valence-corrected chi connectivity index (χ1v) is 7.78. The Bertz CT molecular complexity index is 466. The molecule has 122 valence electrons. The van der Waals surface area contributed by atoms with Crippen molar-refractivity contribution in [1.82, 2.24) is 10.2 Å². The minimum atomic E-state index is -0.942. The van der Waals surface area contributed by atoms with Crippen LogP contribution in [0.15, 0.2) is 0 Å². The van der Waals surface area contributed by atoms with E-state index in [0.717, 1.165) is 17.7 Å². The molecule has 0 unspecified atom stereocenters. The summed E-state index contributed by atoms with van der Waals surface area (Å²) in [7, 11) is 0. The molecule has 3 amide bonds. The van der Waals surface area contributed by atoms with Crippen molar-refractivity contribution < 1.29 is 23.9 Å². The summed E-state index contributed by atoms with van der Waals surface area (Å²) in [6, 6.07) is 0. The Kier molecular flexibility index (Phi) is 5.15. The smallest absolute Gasteiger partial charge is 0.326 e. The van der Waals surface area contributed by atoms with Crippen molar-refractivity contribution in [2.75, 3.05) is 13.1 Å². The van der Waals surface area contributed by atoms with Gasteiger partial charge >= 0.3 is 5.97 Å². The van der Waals surface area contributed by atoms with E-state index >= 15 is 0 Å². The molecule has 1 saturated heterocycles. The fraction of sp³-hybridized carbons (Fsp3) is 0.733. The fourth-order valence-electron chi connectivity index (χ4n) is 3.12. The lowest BCUT2D eigenvalue weighted by Gasteiger charge is -2.19. The Morgan fingerprint density at radius 1 is 1.23 bits per heavy atom. The summed E-state index contributed by atoms with van der Waals surface area (Å²) >= 11 is 0. The van der Waals surface area contributed by atoms with Crippen molar-refractivity contribution in [3.05, 3.63) is 0 Å². The molecule has 1 aliphatic carbocycles. The normalized spacial score (nSPS) is 25.6. The number of rotatable bonds is 5. The highest BCUT2D eigenvalue weighted by Gasteiger charge is 2.48. The van der Waals surface area contributed by atoms with E-state index in [4.69, 9.17) is 4.74 Å². The van der Waals surface area contributed by atoms with Crippen LogP contribution in [0, 0.1) is 11.8 Å². The Labute approximate surface area is 129 Å². The first-order chi connectivity index (χ1) is 10.5. The number of nitrogens with one attached hydrogen (secondary N) is 1. The molecule has 0 aromatic rings. The topological polar surface area (TPSA) is 92.8 Å². The minimum absolute atomic E-state index is 0.280. The number of nitrogens with zero attached hydrogens (tertiary/aromatic N) is 1. The molecule has 0 aromatic carbocycles. The molecule has 2 rings (SSSR count). The van der Waals surface area contributed by atoms with Gasteiger partial charge in [0.25, 0.3) is 5.91 Å². The van der Waals surface area contributed by atoms with Crippen molar-refractivity contribution in [3.63, 3.8) is 0 Å². The molecule has 1 saturated carbocycles. The van der Waals surface area contributed by atoms with Gasteiger partial charge in [-0.2, -0.15) is 0 Å². The van der Waals surface area contributed by atoms with E-state index < -0.39 is 24.5 Å². The first-order valence-electron chi connectivity index (χ1n) is 7.78. The Morgan fingerprint density at radius 2 is 1.77 bits per heavy atom. The Hall–Kier alpha value is -1.92. The highest BCUT2D eigenvalue weighted by atomic mass is 16.5. The quantitative estimate of drug-likeness (QED) is 0.579. The lowest BCUT2D eigenvalue weighted by molar-refractivity contribution is -0.159. The number of likely N-dealkylation sites (tertiary alicyclic amines) is 1. The van der Waals surface area contributed by atoms with Crippen LogP contribution >= 0.6 is 0 Å². The van der Waals surface area contributed by atoms with Crippen molar-refractivity contribution >= 4 is 23.7 Å². The van der Waals surface area contributed by atoms with E-state index in [-0.39, 0.29) is 23.7 Å². The van der Waals surface area contributed by atoms with Gasteiger partial charge < -0.3 is 10.1 Å². The maximum absolute atomic E-state index is 12.2. The number of hydrogen-bond acceptors (Lipinski definition) is 5. The third kappa shape index (κ3) is 3.28. The van der Waals surface area contributed by atoms with Gasteiger partial charge in [-0.25, -0.2) is 0 Å². The number of imide groups is 1. The average Bonchev–Trinajstić information content (AvgIpc) is 2.73. The monoisotopic (exact) mass is 310 g/mol. The molecule has 0 spiro atoms. The van der Waals surface area contributed by atoms with Crippen LogP contribution < -0.4 is 5.32 Å². The first kappa shape index (κ1) is 16.5. The van der Waals surface area contributed by atoms with E-state index in [2.05, 4.69) is 5.32 Å². The van der Waals surface area contributed by atoms with Crippen LogP contribution in [0.4, 0.5) is 0 Å². The van der Waals surface area contributed by atoms with Crippen LogP contribution in [0.1, 0.15) is 39.5 Å². The SMILES string of the molecule is CCNC(=O)[C@H](C)OC(=O)CN1C(=O)[C@H]2CCCC[C@H]2C1=O. The summed E-state index contributed by atoms with van der Waals surface area (Å²) in [5.41, 5.74) is 0. The van der Waals surface area contributed by atoms with E-state index in [1.165, 1.54) is 6.92 Å². The van der Waals surface area contributed by atoms with Crippen LogP contribution in [0.2, 0.25) is 0 Å². The van der Waals surface area contributed by atoms with Gasteiger partial charge in [-0.3, -0.25) is 24.1 Å². The number of amides is 3. The van der Waals surface area contributed by atoms with Crippen molar-refractivity contribution in [2.45, 2.75) is 45.6 Å². The van der Waals surface area contributed by atoms with E-state index in [1.54, 1.807) is 6.92 Å². The fourth-order valence-corrected chi connectivity index (χ4v) is 3.12. The summed E-state index contributed by atoms with van der Waals surface area (Å²) < 4.78 is 4.98. The Morgan fingerprint density at radius 3 is 2.27 bits per heavy atom. The van der Waals surface area contributed by atoms with Crippen LogP contribution in [0.25, 0.3) is 0 Å². The van der Waals surface area contributed by atoms with Gasteiger partial charge in [-0.1, -0.05) is 12.8 Å². The summed E-state index contributed by atoms with van der Waals surface area (Å²) in [6.45, 7) is 3.24. The van der Waals surface area contributed by atoms with Gasteiger partial charge in [0, 0.05) is 6.54 Å². The largest absolute Gasteiger partial charge is 0.451 e. The van der Waals surface area contributed by atoms with Gasteiger partial charge in [0.05, 0.1) is 11.8 Å². The summed E-state index contributed by atoms with van der Waals surface area (Å²) in [4.78, 5) is 48.8. The zero-order valence-corrected chi connectivity index (χ0v) is 13.0. The van der Waals surface area contributed by atoms with Crippen molar-refractivity contribution in [1.29, 1.82) is 0 Å². The van der Waals surface area contributed by atoms with Crippen molar-refractivity contribution in [2.24, 2.45) is 11.8 Å². The van der Waals surface area contributed by atoms with E-state index in [9.17, 15) is 19.2 Å².